The number of rotatable bonds is 7. The summed E-state index contributed by atoms with van der Waals surface area (Å²) >= 11 is 0. The van der Waals surface area contributed by atoms with Gasteiger partial charge in [0, 0.05) is 54.1 Å². The maximum absolute atomic E-state index is 2.37. The van der Waals surface area contributed by atoms with Crippen LogP contribution in [0.5, 0.6) is 0 Å². The minimum absolute atomic E-state index is 0.356. The van der Waals surface area contributed by atoms with Gasteiger partial charge in [-0.3, -0.25) is 0 Å². The van der Waals surface area contributed by atoms with E-state index < -0.39 is 0 Å². The largest absolute Gasteiger partial charge is 0.372 e. The fourth-order valence-corrected chi connectivity index (χ4v) is 3.84. The molecule has 0 heterocycles. The molecule has 4 heteroatoms. The third kappa shape index (κ3) is 4.64. The third-order valence-corrected chi connectivity index (χ3v) is 6.25. The van der Waals surface area contributed by atoms with Gasteiger partial charge in [-0.1, -0.05) is 54.6 Å². The van der Waals surface area contributed by atoms with Gasteiger partial charge in [-0.05, 0) is 42.5 Å². The second kappa shape index (κ2) is 9.29. The van der Waals surface area contributed by atoms with Crippen LogP contribution in [0.4, 0.5) is 17.1 Å². The highest BCUT2D eigenvalue weighted by atomic mass is 28.1. The molecule has 144 valence electrons. The Kier molecular flexibility index (Phi) is 6.56. The van der Waals surface area contributed by atoms with Crippen LogP contribution in [0.25, 0.3) is 0 Å². The standard InChI is InChI=1S/C24H29N3Si/c1-25(20-13-7-4-8-14-20)23(26(2)21-15-9-5-10-16-21)19-24(28)27(3)22-17-11-6-12-18-22/h4-19,24H,1-3,28H3. The first-order valence-corrected chi connectivity index (χ1v) is 10.8. The summed E-state index contributed by atoms with van der Waals surface area (Å²) in [7, 11) is 7.46. The van der Waals surface area contributed by atoms with Gasteiger partial charge in [0.25, 0.3) is 0 Å². The van der Waals surface area contributed by atoms with Crippen molar-refractivity contribution in [3.05, 3.63) is 103 Å². The highest BCUT2D eigenvalue weighted by molar-refractivity contribution is 6.15. The Balaban J connectivity index is 1.96. The number of likely N-dealkylation sites (N-methyl/N-ethyl adjacent to an activating group) is 1. The monoisotopic (exact) mass is 387 g/mol. The number of hydrogen-bond acceptors (Lipinski definition) is 3. The van der Waals surface area contributed by atoms with Gasteiger partial charge in [-0.25, -0.2) is 0 Å². The first-order valence-electron chi connectivity index (χ1n) is 9.65. The summed E-state index contributed by atoms with van der Waals surface area (Å²) in [5.74, 6) is 1.17. The molecule has 0 aromatic heterocycles. The molecule has 3 aromatic carbocycles. The van der Waals surface area contributed by atoms with Crippen molar-refractivity contribution < 1.29 is 0 Å². The van der Waals surface area contributed by atoms with Crippen LogP contribution in [-0.4, -0.2) is 37.1 Å². The predicted octanol–water partition coefficient (Wildman–Crippen LogP) is 3.93. The fourth-order valence-electron chi connectivity index (χ4n) is 3.24. The summed E-state index contributed by atoms with van der Waals surface area (Å²) < 4.78 is 0. The number of nitrogens with zero attached hydrogens (tertiary/aromatic N) is 3. The molecule has 3 aromatic rings. The SMILES string of the molecule is CN(C(=CC([SiH3])N(C)c1ccccc1)N(C)c1ccccc1)c1ccccc1. The number of hydrogen-bond donors (Lipinski definition) is 0. The number of anilines is 3. The van der Waals surface area contributed by atoms with E-state index in [9.17, 15) is 0 Å². The van der Waals surface area contributed by atoms with Gasteiger partial charge in [0.1, 0.15) is 5.82 Å². The number of benzene rings is 3. The van der Waals surface area contributed by atoms with Gasteiger partial charge in [-0.2, -0.15) is 0 Å². The summed E-state index contributed by atoms with van der Waals surface area (Å²) in [4.78, 5) is 6.87. The molecule has 1 unspecified atom stereocenters. The zero-order valence-electron chi connectivity index (χ0n) is 17.2. The molecule has 0 radical (unpaired) electrons. The van der Waals surface area contributed by atoms with E-state index in [-0.39, 0.29) is 0 Å². The quantitative estimate of drug-likeness (QED) is 0.569. The Morgan fingerprint density at radius 2 is 1.00 bits per heavy atom. The zero-order chi connectivity index (χ0) is 19.9. The van der Waals surface area contributed by atoms with Gasteiger partial charge in [-0.15, -0.1) is 0 Å². The normalized spacial score (nSPS) is 11.5. The van der Waals surface area contributed by atoms with Crippen molar-refractivity contribution in [3.63, 3.8) is 0 Å². The van der Waals surface area contributed by atoms with Crippen LogP contribution in [0, 0.1) is 0 Å². The summed E-state index contributed by atoms with van der Waals surface area (Å²) in [5, 5.41) is 0. The van der Waals surface area contributed by atoms with Crippen LogP contribution in [-0.2, 0) is 0 Å². The fraction of sp³-hybridized carbons (Fsp3) is 0.167. The van der Waals surface area contributed by atoms with E-state index in [1.54, 1.807) is 0 Å². The summed E-state index contributed by atoms with van der Waals surface area (Å²) in [5.41, 5.74) is 3.94. The molecular weight excluding hydrogens is 358 g/mol. The molecule has 0 aliphatic heterocycles. The van der Waals surface area contributed by atoms with Crippen molar-refractivity contribution in [2.45, 2.75) is 5.67 Å². The summed E-state index contributed by atoms with van der Waals surface area (Å²) in [6.45, 7) is 0. The second-order valence-electron chi connectivity index (χ2n) is 7.00. The molecule has 28 heavy (non-hydrogen) atoms. The lowest BCUT2D eigenvalue weighted by atomic mass is 10.2. The lowest BCUT2D eigenvalue weighted by Crippen LogP contribution is -2.36. The van der Waals surface area contributed by atoms with Gasteiger partial charge < -0.3 is 14.7 Å². The Morgan fingerprint density at radius 1 is 0.643 bits per heavy atom. The van der Waals surface area contributed by atoms with Crippen LogP contribution >= 0.6 is 0 Å². The van der Waals surface area contributed by atoms with Gasteiger partial charge in [0.2, 0.25) is 0 Å². The molecule has 0 N–H and O–H groups in total. The average Bonchev–Trinajstić information content (AvgIpc) is 2.77. The van der Waals surface area contributed by atoms with Crippen LogP contribution in [0.15, 0.2) is 103 Å². The smallest absolute Gasteiger partial charge is 0.110 e. The van der Waals surface area contributed by atoms with Crippen LogP contribution in [0.3, 0.4) is 0 Å². The molecule has 3 rings (SSSR count). The Bertz CT molecular complexity index is 834. The lowest BCUT2D eigenvalue weighted by Gasteiger charge is -2.34. The molecule has 0 aliphatic carbocycles. The van der Waals surface area contributed by atoms with Crippen LogP contribution < -0.4 is 14.7 Å². The summed E-state index contributed by atoms with van der Waals surface area (Å²) in [6.07, 6.45) is 2.37. The molecule has 0 amide bonds. The Labute approximate surface area is 171 Å². The second-order valence-corrected chi connectivity index (χ2v) is 8.18. The van der Waals surface area contributed by atoms with Crippen molar-refractivity contribution in [2.24, 2.45) is 0 Å². The maximum atomic E-state index is 2.37. The minimum Gasteiger partial charge on any atom is -0.372 e. The first kappa shape index (κ1) is 19.8. The van der Waals surface area contributed by atoms with Gasteiger partial charge >= 0.3 is 0 Å². The molecule has 0 bridgehead atoms. The van der Waals surface area contributed by atoms with E-state index in [1.807, 2.05) is 0 Å². The van der Waals surface area contributed by atoms with Crippen molar-refractivity contribution in [1.82, 2.24) is 0 Å². The first-order chi connectivity index (χ1) is 13.6. The third-order valence-electron chi connectivity index (χ3n) is 5.14. The molecule has 0 spiro atoms. The van der Waals surface area contributed by atoms with E-state index in [0.717, 1.165) is 10.2 Å². The van der Waals surface area contributed by atoms with Crippen LogP contribution in [0.1, 0.15) is 0 Å². The van der Waals surface area contributed by atoms with Crippen molar-refractivity contribution in [3.8, 4) is 0 Å². The van der Waals surface area contributed by atoms with E-state index in [4.69, 9.17) is 0 Å². The Morgan fingerprint density at radius 3 is 1.39 bits per heavy atom. The summed E-state index contributed by atoms with van der Waals surface area (Å²) in [6, 6.07) is 31.6. The predicted molar refractivity (Wildman–Crippen MR) is 126 cm³/mol. The topological polar surface area (TPSA) is 9.72 Å². The van der Waals surface area contributed by atoms with Crippen molar-refractivity contribution in [2.75, 3.05) is 35.8 Å². The molecule has 0 aliphatic rings. The highest BCUT2D eigenvalue weighted by Gasteiger charge is 2.17. The highest BCUT2D eigenvalue weighted by Crippen LogP contribution is 2.25. The molecule has 0 saturated heterocycles. The van der Waals surface area contributed by atoms with Crippen LogP contribution in [0.2, 0.25) is 0 Å². The van der Waals surface area contributed by atoms with E-state index >= 15 is 0 Å². The molecule has 3 nitrogen and oxygen atoms in total. The van der Waals surface area contributed by atoms with Crippen molar-refractivity contribution >= 4 is 27.3 Å². The van der Waals surface area contributed by atoms with Crippen molar-refractivity contribution in [1.29, 1.82) is 0 Å². The minimum atomic E-state index is 0.356. The molecule has 1 atom stereocenters. The molecule has 0 saturated carbocycles. The van der Waals surface area contributed by atoms with Gasteiger partial charge in [0.05, 0.1) is 0 Å². The molecular formula is C24H29N3Si. The Hall–Kier alpha value is -2.98. The average molecular weight is 388 g/mol. The van der Waals surface area contributed by atoms with E-state index in [0.29, 0.717) is 5.67 Å². The van der Waals surface area contributed by atoms with E-state index in [2.05, 4.69) is 133 Å². The molecule has 0 fully saturated rings. The van der Waals surface area contributed by atoms with Gasteiger partial charge in [0.15, 0.2) is 0 Å². The zero-order valence-corrected chi connectivity index (χ0v) is 19.2. The lowest BCUT2D eigenvalue weighted by molar-refractivity contribution is 0.909. The van der Waals surface area contributed by atoms with E-state index in [1.165, 1.54) is 22.9 Å². The number of para-hydroxylation sites is 3. The maximum Gasteiger partial charge on any atom is 0.110 e.